The maximum absolute atomic E-state index is 12.7. The van der Waals surface area contributed by atoms with E-state index in [-0.39, 0.29) is 13.2 Å². The van der Waals surface area contributed by atoms with Gasteiger partial charge >= 0.3 is 13.5 Å². The average molecular weight is 427 g/mol. The van der Waals surface area contributed by atoms with E-state index in [9.17, 15) is 14.2 Å². The summed E-state index contributed by atoms with van der Waals surface area (Å²) in [5.74, 6) is 0.384. The van der Waals surface area contributed by atoms with E-state index in [2.05, 4.69) is 4.98 Å². The van der Waals surface area contributed by atoms with E-state index in [4.69, 9.17) is 29.9 Å². The number of aromatic amines is 1. The first-order chi connectivity index (χ1) is 13.3. The summed E-state index contributed by atoms with van der Waals surface area (Å²) in [4.78, 5) is 25.6. The minimum atomic E-state index is -3.80. The van der Waals surface area contributed by atoms with Gasteiger partial charge in [-0.25, -0.2) is 9.36 Å². The van der Waals surface area contributed by atoms with Gasteiger partial charge in [0.05, 0.1) is 13.2 Å². The lowest BCUT2D eigenvalue weighted by molar-refractivity contribution is -0.0130. The number of phosphoric ester groups is 1. The summed E-state index contributed by atoms with van der Waals surface area (Å²) in [6, 6.07) is 4.88. The van der Waals surface area contributed by atoms with Gasteiger partial charge in [-0.1, -0.05) is 17.7 Å². The summed E-state index contributed by atoms with van der Waals surface area (Å²) in [6.07, 6.45) is 3.43. The van der Waals surface area contributed by atoms with E-state index in [1.165, 1.54) is 10.8 Å². The number of hydrogen-bond acceptors (Lipinski definition) is 7. The zero-order valence-corrected chi connectivity index (χ0v) is 16.3. The molecule has 0 fully saturated rings. The van der Waals surface area contributed by atoms with Crippen molar-refractivity contribution in [3.63, 3.8) is 0 Å². The molecule has 1 aromatic heterocycles. The third kappa shape index (κ3) is 3.85. The van der Waals surface area contributed by atoms with Crippen molar-refractivity contribution in [1.29, 1.82) is 0 Å². The molecule has 0 aliphatic carbocycles. The summed E-state index contributed by atoms with van der Waals surface area (Å²) in [6.45, 7) is 1.52. The Bertz CT molecular complexity index is 1110. The molecule has 3 heterocycles. The van der Waals surface area contributed by atoms with E-state index >= 15 is 0 Å². The maximum atomic E-state index is 12.7. The number of halogens is 1. The lowest BCUT2D eigenvalue weighted by Gasteiger charge is -2.25. The Balaban J connectivity index is 1.39. The van der Waals surface area contributed by atoms with Crippen molar-refractivity contribution in [2.75, 3.05) is 6.61 Å². The summed E-state index contributed by atoms with van der Waals surface area (Å²) in [7, 11) is -3.80. The zero-order valence-electron chi connectivity index (χ0n) is 14.7. The van der Waals surface area contributed by atoms with Gasteiger partial charge in [-0.15, -0.1) is 0 Å². The molecule has 11 heteroatoms. The Morgan fingerprint density at radius 3 is 3.00 bits per heavy atom. The molecule has 0 radical (unpaired) electrons. The third-order valence-electron chi connectivity index (χ3n) is 4.23. The highest BCUT2D eigenvalue weighted by molar-refractivity contribution is 7.49. The summed E-state index contributed by atoms with van der Waals surface area (Å²) < 4.78 is 35.6. The number of rotatable bonds is 4. The van der Waals surface area contributed by atoms with Gasteiger partial charge < -0.3 is 9.26 Å². The summed E-state index contributed by atoms with van der Waals surface area (Å²) in [5.41, 5.74) is 0.0131. The van der Waals surface area contributed by atoms with Gasteiger partial charge in [0.2, 0.25) is 0 Å². The van der Waals surface area contributed by atoms with Gasteiger partial charge in [0, 0.05) is 22.3 Å². The molecule has 0 bridgehead atoms. The second-order valence-corrected chi connectivity index (χ2v) is 8.32. The van der Waals surface area contributed by atoms with Crippen LogP contribution in [0.4, 0.5) is 0 Å². The van der Waals surface area contributed by atoms with E-state index in [0.717, 1.165) is 0 Å². The van der Waals surface area contributed by atoms with Crippen LogP contribution in [0.1, 0.15) is 17.4 Å². The summed E-state index contributed by atoms with van der Waals surface area (Å²) >= 11 is 5.91. The van der Waals surface area contributed by atoms with Crippen molar-refractivity contribution < 1.29 is 22.9 Å². The quantitative estimate of drug-likeness (QED) is 0.591. The standard InChI is InChI=1S/C17H16ClN2O7P/c1-10-7-20(17(22)19-16(10)21)15-5-3-13(26-15)9-25-28(23)24-8-11-6-12(18)2-4-14(11)27-28/h2-7,13,15H,8-9H2,1H3,(H,19,21,22)/t13-,15+,28?/m0/s1. The number of hydrogen-bond donors (Lipinski definition) is 1. The second-order valence-electron chi connectivity index (χ2n) is 6.29. The van der Waals surface area contributed by atoms with E-state index in [0.29, 0.717) is 21.9 Å². The second kappa shape index (κ2) is 7.35. The van der Waals surface area contributed by atoms with Crippen molar-refractivity contribution in [2.24, 2.45) is 0 Å². The van der Waals surface area contributed by atoms with Crippen LogP contribution in [0.25, 0.3) is 0 Å². The lowest BCUT2D eigenvalue weighted by Crippen LogP contribution is -2.33. The van der Waals surface area contributed by atoms with E-state index in [1.54, 1.807) is 37.3 Å². The summed E-state index contributed by atoms with van der Waals surface area (Å²) in [5, 5.41) is 0.520. The minimum absolute atomic E-state index is 0.0448. The molecule has 2 aliphatic rings. The Morgan fingerprint density at radius 2 is 2.18 bits per heavy atom. The van der Waals surface area contributed by atoms with Crippen molar-refractivity contribution in [2.45, 2.75) is 25.9 Å². The van der Waals surface area contributed by atoms with Crippen LogP contribution in [-0.2, 0) is 25.0 Å². The van der Waals surface area contributed by atoms with Crippen LogP contribution in [0.15, 0.2) is 46.1 Å². The molecule has 9 nitrogen and oxygen atoms in total. The number of benzene rings is 1. The fraction of sp³-hybridized carbons (Fsp3) is 0.294. The molecule has 4 rings (SSSR count). The molecule has 28 heavy (non-hydrogen) atoms. The Labute approximate surface area is 164 Å². The molecule has 1 N–H and O–H groups in total. The lowest BCUT2D eigenvalue weighted by atomic mass is 10.2. The molecule has 0 saturated carbocycles. The molecule has 1 unspecified atom stereocenters. The number of ether oxygens (including phenoxy) is 1. The van der Waals surface area contributed by atoms with Crippen LogP contribution in [0.5, 0.6) is 5.75 Å². The van der Waals surface area contributed by atoms with E-state index < -0.39 is 31.4 Å². The molecule has 2 aliphatic heterocycles. The van der Waals surface area contributed by atoms with Crippen molar-refractivity contribution in [3.8, 4) is 5.75 Å². The number of phosphoric acid groups is 1. The molecule has 0 saturated heterocycles. The van der Waals surface area contributed by atoms with E-state index in [1.807, 2.05) is 0 Å². The van der Waals surface area contributed by atoms with Gasteiger partial charge in [-0.05, 0) is 31.2 Å². The highest BCUT2D eigenvalue weighted by atomic mass is 35.5. The molecule has 148 valence electrons. The number of fused-ring (bicyclic) bond motifs is 1. The van der Waals surface area contributed by atoms with Crippen molar-refractivity contribution in [1.82, 2.24) is 9.55 Å². The fourth-order valence-electron chi connectivity index (χ4n) is 2.79. The van der Waals surface area contributed by atoms with Gasteiger partial charge in [0.1, 0.15) is 11.9 Å². The monoisotopic (exact) mass is 426 g/mol. The van der Waals surface area contributed by atoms with Crippen LogP contribution in [0, 0.1) is 6.92 Å². The number of nitrogens with one attached hydrogen (secondary N) is 1. The number of H-pyrrole nitrogens is 1. The largest absolute Gasteiger partial charge is 0.530 e. The van der Waals surface area contributed by atoms with Crippen molar-refractivity contribution >= 4 is 19.4 Å². The predicted octanol–water partition coefficient (Wildman–Crippen LogP) is 2.69. The highest BCUT2D eigenvalue weighted by Gasteiger charge is 2.36. The Kier molecular flexibility index (Phi) is 5.03. The SMILES string of the molecule is Cc1cn([C@H]2C=C[C@@H](COP3(=O)OCc4cc(Cl)ccc4O3)O2)c(=O)[nH]c1=O. The smallest absolute Gasteiger partial charge is 0.404 e. The minimum Gasteiger partial charge on any atom is -0.404 e. The van der Waals surface area contributed by atoms with Gasteiger partial charge in [-0.2, -0.15) is 0 Å². The maximum Gasteiger partial charge on any atom is 0.530 e. The van der Waals surface area contributed by atoms with Crippen LogP contribution in [0.2, 0.25) is 5.02 Å². The molecular weight excluding hydrogens is 411 g/mol. The average Bonchev–Trinajstić information content (AvgIpc) is 3.12. The van der Waals surface area contributed by atoms with Crippen LogP contribution in [0.3, 0.4) is 0 Å². The van der Waals surface area contributed by atoms with Crippen LogP contribution < -0.4 is 15.8 Å². The van der Waals surface area contributed by atoms with Crippen LogP contribution >= 0.6 is 19.4 Å². The topological polar surface area (TPSA) is 109 Å². The molecule has 1 aromatic carbocycles. The Morgan fingerprint density at radius 1 is 1.36 bits per heavy atom. The first-order valence-corrected chi connectivity index (χ1v) is 10.2. The van der Waals surface area contributed by atoms with Crippen LogP contribution in [-0.4, -0.2) is 22.3 Å². The Hall–Kier alpha value is -2.16. The molecule has 2 aromatic rings. The highest BCUT2D eigenvalue weighted by Crippen LogP contribution is 2.54. The van der Waals surface area contributed by atoms with Gasteiger partial charge in [-0.3, -0.25) is 23.4 Å². The zero-order chi connectivity index (χ0) is 19.9. The first-order valence-electron chi connectivity index (χ1n) is 8.36. The normalized spacial score (nSPS) is 26.1. The fourth-order valence-corrected chi connectivity index (χ4v) is 4.21. The number of aryl methyl sites for hydroxylation is 1. The number of nitrogens with zero attached hydrogens (tertiary/aromatic N) is 1. The molecule has 0 amide bonds. The third-order valence-corrected chi connectivity index (χ3v) is 5.80. The van der Waals surface area contributed by atoms with Crippen molar-refractivity contribution in [3.05, 3.63) is 73.5 Å². The molecule has 3 atom stereocenters. The molecular formula is C17H16ClN2O7P. The number of aromatic nitrogens is 2. The van der Waals surface area contributed by atoms with Gasteiger partial charge in [0.15, 0.2) is 6.23 Å². The predicted molar refractivity (Wildman–Crippen MR) is 99.5 cm³/mol. The molecule has 0 spiro atoms. The van der Waals surface area contributed by atoms with Gasteiger partial charge in [0.25, 0.3) is 5.56 Å². The first kappa shape index (κ1) is 19.2.